The predicted octanol–water partition coefficient (Wildman–Crippen LogP) is 6.88. The summed E-state index contributed by atoms with van der Waals surface area (Å²) in [6.07, 6.45) is 9.59. The maximum Gasteiger partial charge on any atom is 0.475 e. The van der Waals surface area contributed by atoms with Crippen molar-refractivity contribution in [2.75, 3.05) is 6.61 Å². The van der Waals surface area contributed by atoms with Crippen molar-refractivity contribution in [3.8, 4) is 0 Å². The van der Waals surface area contributed by atoms with Gasteiger partial charge in [-0.1, -0.05) is 66.7 Å². The third kappa shape index (κ3) is 11.3. The van der Waals surface area contributed by atoms with Crippen LogP contribution >= 0.6 is 7.82 Å². The van der Waals surface area contributed by atoms with Gasteiger partial charge in [0, 0.05) is 0 Å². The van der Waals surface area contributed by atoms with E-state index in [2.05, 4.69) is 34.6 Å². The van der Waals surface area contributed by atoms with Crippen LogP contribution in [0.15, 0.2) is 0 Å². The van der Waals surface area contributed by atoms with Crippen molar-refractivity contribution in [1.82, 2.24) is 0 Å². The first kappa shape index (κ1) is 23.1. The molecule has 0 aliphatic heterocycles. The molecule has 0 N–H and O–H groups in total. The maximum atomic E-state index is 13.1. The van der Waals surface area contributed by atoms with E-state index >= 15 is 0 Å². The average molecular weight is 350 g/mol. The van der Waals surface area contributed by atoms with Crippen molar-refractivity contribution in [2.45, 2.75) is 111 Å². The first-order chi connectivity index (χ1) is 11.0. The highest BCUT2D eigenvalue weighted by Crippen LogP contribution is 2.53. The summed E-state index contributed by atoms with van der Waals surface area (Å²) in [5.41, 5.74) is 0. The molecule has 0 aliphatic carbocycles. The zero-order valence-corrected chi connectivity index (χ0v) is 16.9. The summed E-state index contributed by atoms with van der Waals surface area (Å²) in [6, 6.07) is 0. The van der Waals surface area contributed by atoms with Gasteiger partial charge in [0.1, 0.15) is 0 Å². The second kappa shape index (κ2) is 14.5. The fourth-order valence-corrected chi connectivity index (χ4v) is 4.06. The molecular weight excluding hydrogens is 311 g/mol. The van der Waals surface area contributed by atoms with Gasteiger partial charge in [-0.2, -0.15) is 0 Å². The molecule has 0 saturated carbocycles. The molecule has 0 fully saturated rings. The zero-order valence-electron chi connectivity index (χ0n) is 16.0. The van der Waals surface area contributed by atoms with E-state index in [0.29, 0.717) is 6.61 Å². The molecule has 4 nitrogen and oxygen atoms in total. The molecule has 0 rings (SSSR count). The topological polar surface area (TPSA) is 44.8 Å². The molecule has 0 aromatic heterocycles. The number of hydrogen-bond acceptors (Lipinski definition) is 4. The molecule has 140 valence electrons. The lowest BCUT2D eigenvalue weighted by atomic mass is 10.1. The molecule has 0 bridgehead atoms. The Morgan fingerprint density at radius 3 is 1.52 bits per heavy atom. The number of phosphoric acid groups is 1. The van der Waals surface area contributed by atoms with Crippen molar-refractivity contribution in [3.05, 3.63) is 0 Å². The molecule has 0 aliphatic rings. The van der Waals surface area contributed by atoms with Crippen molar-refractivity contribution in [2.24, 2.45) is 0 Å². The van der Waals surface area contributed by atoms with Crippen molar-refractivity contribution in [1.29, 1.82) is 0 Å². The van der Waals surface area contributed by atoms with E-state index in [-0.39, 0.29) is 12.2 Å². The number of rotatable bonds is 16. The van der Waals surface area contributed by atoms with Crippen LogP contribution < -0.4 is 0 Å². The number of hydrogen-bond donors (Lipinski definition) is 0. The lowest BCUT2D eigenvalue weighted by Gasteiger charge is -2.26. The Kier molecular flexibility index (Phi) is 14.5. The molecule has 0 heterocycles. The van der Waals surface area contributed by atoms with Gasteiger partial charge < -0.3 is 0 Å². The minimum absolute atomic E-state index is 0.0499. The molecule has 0 spiro atoms. The molecule has 0 saturated heterocycles. The van der Waals surface area contributed by atoms with Crippen molar-refractivity contribution >= 4 is 7.82 Å². The van der Waals surface area contributed by atoms with Gasteiger partial charge in [0.05, 0.1) is 18.8 Å². The second-order valence-electron chi connectivity index (χ2n) is 6.19. The summed E-state index contributed by atoms with van der Waals surface area (Å²) < 4.78 is 30.4. The van der Waals surface area contributed by atoms with E-state index in [1.165, 1.54) is 0 Å². The van der Waals surface area contributed by atoms with E-state index in [1.54, 1.807) is 0 Å². The average Bonchev–Trinajstić information content (AvgIpc) is 2.55. The molecule has 0 aromatic carbocycles. The van der Waals surface area contributed by atoms with Crippen LogP contribution in [0, 0.1) is 0 Å². The van der Waals surface area contributed by atoms with Gasteiger partial charge in [-0.15, -0.1) is 0 Å². The molecule has 23 heavy (non-hydrogen) atoms. The van der Waals surface area contributed by atoms with Gasteiger partial charge in [-0.3, -0.25) is 13.6 Å². The van der Waals surface area contributed by atoms with Gasteiger partial charge in [0.25, 0.3) is 0 Å². The van der Waals surface area contributed by atoms with Gasteiger partial charge in [0.2, 0.25) is 0 Å². The predicted molar refractivity (Wildman–Crippen MR) is 97.8 cm³/mol. The monoisotopic (exact) mass is 350 g/mol. The first-order valence-electron chi connectivity index (χ1n) is 9.66. The Hall–Kier alpha value is 0.110. The van der Waals surface area contributed by atoms with E-state index in [0.717, 1.165) is 64.2 Å². The molecule has 0 amide bonds. The highest BCUT2D eigenvalue weighted by molar-refractivity contribution is 7.48. The summed E-state index contributed by atoms with van der Waals surface area (Å²) in [5, 5.41) is 0. The molecule has 5 heteroatoms. The van der Waals surface area contributed by atoms with Gasteiger partial charge >= 0.3 is 7.82 Å². The summed E-state index contributed by atoms with van der Waals surface area (Å²) in [5.74, 6) is 0. The largest absolute Gasteiger partial charge is 0.475 e. The summed E-state index contributed by atoms with van der Waals surface area (Å²) in [4.78, 5) is 0. The molecule has 2 unspecified atom stereocenters. The summed E-state index contributed by atoms with van der Waals surface area (Å²) >= 11 is 0. The lowest BCUT2D eigenvalue weighted by Crippen LogP contribution is -2.17. The Labute approximate surface area is 144 Å². The number of unbranched alkanes of at least 4 members (excludes halogenated alkanes) is 3. The number of phosphoric ester groups is 1. The standard InChI is InChI=1S/C18H39O4P/c1-6-11-14-17(9-4)21-23(19,20-16-13-8-3)22-18(10-5)15-12-7-2/h17-18H,6-16H2,1-5H3. The highest BCUT2D eigenvalue weighted by Gasteiger charge is 2.32. The molecule has 0 radical (unpaired) electrons. The van der Waals surface area contributed by atoms with E-state index in [4.69, 9.17) is 13.6 Å². The van der Waals surface area contributed by atoms with Crippen LogP contribution in [0.25, 0.3) is 0 Å². The van der Waals surface area contributed by atoms with Crippen molar-refractivity contribution < 1.29 is 18.1 Å². The Bertz CT molecular complexity index is 287. The van der Waals surface area contributed by atoms with Crippen LogP contribution in [0.1, 0.15) is 98.8 Å². The van der Waals surface area contributed by atoms with Crippen LogP contribution in [-0.2, 0) is 18.1 Å². The van der Waals surface area contributed by atoms with E-state index in [1.807, 2.05) is 0 Å². The molecular formula is C18H39O4P. The first-order valence-corrected chi connectivity index (χ1v) is 11.1. The Morgan fingerprint density at radius 1 is 0.739 bits per heavy atom. The summed E-state index contributed by atoms with van der Waals surface area (Å²) in [7, 11) is -3.47. The summed E-state index contributed by atoms with van der Waals surface area (Å²) in [6.45, 7) is 10.9. The smallest absolute Gasteiger partial charge is 0.287 e. The Balaban J connectivity index is 4.79. The fourth-order valence-electron chi connectivity index (χ4n) is 2.30. The minimum atomic E-state index is -3.47. The minimum Gasteiger partial charge on any atom is -0.287 e. The maximum absolute atomic E-state index is 13.1. The normalized spacial score (nSPS) is 16.9. The van der Waals surface area contributed by atoms with Gasteiger partial charge in [-0.25, -0.2) is 4.57 Å². The second-order valence-corrected chi connectivity index (χ2v) is 7.76. The van der Waals surface area contributed by atoms with Crippen molar-refractivity contribution in [3.63, 3.8) is 0 Å². The SMILES string of the molecule is CCCCOP(=O)(OC(CC)CCCC)OC(CC)CCCC. The van der Waals surface area contributed by atoms with Gasteiger partial charge in [0.15, 0.2) is 0 Å². The third-order valence-corrected chi connectivity index (χ3v) is 5.59. The zero-order chi connectivity index (χ0) is 17.6. The lowest BCUT2D eigenvalue weighted by molar-refractivity contribution is 0.0427. The Morgan fingerprint density at radius 2 is 1.17 bits per heavy atom. The molecule has 0 aromatic rings. The van der Waals surface area contributed by atoms with Crippen LogP contribution in [0.3, 0.4) is 0 Å². The van der Waals surface area contributed by atoms with Crippen LogP contribution in [0.2, 0.25) is 0 Å². The highest BCUT2D eigenvalue weighted by atomic mass is 31.2. The third-order valence-electron chi connectivity index (χ3n) is 3.97. The van der Waals surface area contributed by atoms with Crippen LogP contribution in [0.5, 0.6) is 0 Å². The fraction of sp³-hybridized carbons (Fsp3) is 1.00. The quantitative estimate of drug-likeness (QED) is 0.225. The van der Waals surface area contributed by atoms with Crippen LogP contribution in [0.4, 0.5) is 0 Å². The van der Waals surface area contributed by atoms with Crippen LogP contribution in [-0.4, -0.2) is 18.8 Å². The van der Waals surface area contributed by atoms with E-state index in [9.17, 15) is 4.57 Å². The van der Waals surface area contributed by atoms with E-state index < -0.39 is 7.82 Å². The van der Waals surface area contributed by atoms with Gasteiger partial charge in [-0.05, 0) is 32.1 Å². The molecule has 2 atom stereocenters.